The van der Waals surface area contributed by atoms with E-state index in [0.717, 1.165) is 11.3 Å². The standard InChI is InChI=1S/C11H12F3N3O4/c1-17(20-2)9(18)7-3-4-8(15-5-7)21-10(19)16-6-11(12,13)14/h3-5H,6H2,1-2H3,(H,16,19). The maximum Gasteiger partial charge on any atom is 0.414 e. The lowest BCUT2D eigenvalue weighted by atomic mass is 10.3. The molecule has 0 atom stereocenters. The van der Waals surface area contributed by atoms with Gasteiger partial charge in [0.2, 0.25) is 5.88 Å². The molecular formula is C11H12F3N3O4. The van der Waals surface area contributed by atoms with Crippen molar-refractivity contribution < 1.29 is 32.3 Å². The molecule has 1 N–H and O–H groups in total. The maximum absolute atomic E-state index is 11.9. The first-order chi connectivity index (χ1) is 9.73. The van der Waals surface area contributed by atoms with E-state index in [1.54, 1.807) is 0 Å². The second kappa shape index (κ2) is 6.88. The number of ether oxygens (including phenoxy) is 1. The largest absolute Gasteiger partial charge is 0.414 e. The molecule has 0 saturated carbocycles. The number of hydrogen-bond donors (Lipinski definition) is 1. The van der Waals surface area contributed by atoms with E-state index < -0.39 is 24.7 Å². The molecule has 0 aliphatic heterocycles. The summed E-state index contributed by atoms with van der Waals surface area (Å²) >= 11 is 0. The summed E-state index contributed by atoms with van der Waals surface area (Å²) in [6, 6.07) is 2.46. The van der Waals surface area contributed by atoms with Gasteiger partial charge < -0.3 is 10.1 Å². The molecule has 1 heterocycles. The number of halogens is 3. The Kier molecular flexibility index (Phi) is 5.47. The molecule has 0 saturated heterocycles. The molecule has 0 spiro atoms. The van der Waals surface area contributed by atoms with Gasteiger partial charge in [-0.3, -0.25) is 9.63 Å². The Labute approximate surface area is 117 Å². The van der Waals surface area contributed by atoms with Gasteiger partial charge in [-0.15, -0.1) is 0 Å². The molecule has 1 aromatic heterocycles. The molecule has 0 aliphatic rings. The molecule has 21 heavy (non-hydrogen) atoms. The number of carbonyl (C=O) groups excluding carboxylic acids is 2. The van der Waals surface area contributed by atoms with E-state index in [0.29, 0.717) is 0 Å². The van der Waals surface area contributed by atoms with E-state index in [-0.39, 0.29) is 11.4 Å². The highest BCUT2D eigenvalue weighted by Crippen LogP contribution is 2.13. The van der Waals surface area contributed by atoms with Crippen LogP contribution in [-0.4, -0.2) is 48.9 Å². The van der Waals surface area contributed by atoms with Gasteiger partial charge in [-0.25, -0.2) is 14.8 Å². The zero-order valence-electron chi connectivity index (χ0n) is 11.1. The van der Waals surface area contributed by atoms with Crippen molar-refractivity contribution in [1.29, 1.82) is 0 Å². The molecule has 0 bridgehead atoms. The maximum atomic E-state index is 11.9. The number of hydroxylamine groups is 2. The van der Waals surface area contributed by atoms with Crippen molar-refractivity contribution in [3.63, 3.8) is 0 Å². The molecule has 10 heteroatoms. The summed E-state index contributed by atoms with van der Waals surface area (Å²) in [5.41, 5.74) is 0.155. The fraction of sp³-hybridized carbons (Fsp3) is 0.364. The SMILES string of the molecule is CON(C)C(=O)c1ccc(OC(=O)NCC(F)(F)F)nc1. The molecule has 0 fully saturated rings. The van der Waals surface area contributed by atoms with Crippen LogP contribution in [0.3, 0.4) is 0 Å². The predicted octanol–water partition coefficient (Wildman–Crippen LogP) is 1.37. The number of pyridine rings is 1. The summed E-state index contributed by atoms with van der Waals surface area (Å²) < 4.78 is 40.1. The lowest BCUT2D eigenvalue weighted by Gasteiger charge is -2.13. The average molecular weight is 307 g/mol. The third-order valence-corrected chi connectivity index (χ3v) is 2.17. The van der Waals surface area contributed by atoms with Crippen LogP contribution in [0.5, 0.6) is 5.88 Å². The lowest BCUT2D eigenvalue weighted by molar-refractivity contribution is -0.123. The van der Waals surface area contributed by atoms with Crippen LogP contribution in [0.4, 0.5) is 18.0 Å². The highest BCUT2D eigenvalue weighted by molar-refractivity contribution is 5.93. The van der Waals surface area contributed by atoms with E-state index in [9.17, 15) is 22.8 Å². The van der Waals surface area contributed by atoms with Gasteiger partial charge in [0.05, 0.1) is 12.7 Å². The minimum absolute atomic E-state index is 0.155. The van der Waals surface area contributed by atoms with Gasteiger partial charge in [0, 0.05) is 19.3 Å². The Bertz CT molecular complexity index is 504. The Morgan fingerprint density at radius 2 is 2.05 bits per heavy atom. The molecular weight excluding hydrogens is 295 g/mol. The predicted molar refractivity (Wildman–Crippen MR) is 63.4 cm³/mol. The minimum Gasteiger partial charge on any atom is -0.391 e. The number of amides is 2. The third-order valence-electron chi connectivity index (χ3n) is 2.17. The summed E-state index contributed by atoms with van der Waals surface area (Å²) in [5.74, 6) is -0.732. The van der Waals surface area contributed by atoms with Crippen molar-refractivity contribution in [1.82, 2.24) is 15.4 Å². The van der Waals surface area contributed by atoms with Crippen LogP contribution in [0.1, 0.15) is 10.4 Å². The zero-order chi connectivity index (χ0) is 16.0. The summed E-state index contributed by atoms with van der Waals surface area (Å²) in [4.78, 5) is 31.0. The molecule has 116 valence electrons. The van der Waals surface area contributed by atoms with E-state index in [2.05, 4.69) is 14.6 Å². The van der Waals surface area contributed by atoms with Crippen molar-refractivity contribution in [2.45, 2.75) is 6.18 Å². The zero-order valence-corrected chi connectivity index (χ0v) is 11.1. The minimum atomic E-state index is -4.53. The summed E-state index contributed by atoms with van der Waals surface area (Å²) in [6.07, 6.45) is -4.73. The first-order valence-electron chi connectivity index (χ1n) is 5.53. The highest BCUT2D eigenvalue weighted by atomic mass is 19.4. The Balaban J connectivity index is 2.59. The Morgan fingerprint density at radius 3 is 2.52 bits per heavy atom. The van der Waals surface area contributed by atoms with Crippen LogP contribution in [0.2, 0.25) is 0 Å². The first-order valence-corrected chi connectivity index (χ1v) is 5.53. The molecule has 0 radical (unpaired) electrons. The molecule has 7 nitrogen and oxygen atoms in total. The summed E-state index contributed by atoms with van der Waals surface area (Å²) in [6.45, 7) is -1.51. The Morgan fingerprint density at radius 1 is 1.38 bits per heavy atom. The fourth-order valence-electron chi connectivity index (χ4n) is 1.14. The number of nitrogens with one attached hydrogen (secondary N) is 1. The van der Waals surface area contributed by atoms with E-state index >= 15 is 0 Å². The quantitative estimate of drug-likeness (QED) is 0.850. The van der Waals surface area contributed by atoms with Gasteiger partial charge in [-0.2, -0.15) is 13.2 Å². The van der Waals surface area contributed by atoms with Crippen LogP contribution in [0, 0.1) is 0 Å². The molecule has 2 amide bonds. The number of nitrogens with zero attached hydrogens (tertiary/aromatic N) is 2. The number of alkyl halides is 3. The van der Waals surface area contributed by atoms with Crippen LogP contribution in [0.25, 0.3) is 0 Å². The van der Waals surface area contributed by atoms with Crippen LogP contribution < -0.4 is 10.1 Å². The van der Waals surface area contributed by atoms with Gasteiger partial charge in [0.25, 0.3) is 5.91 Å². The molecule has 0 unspecified atom stereocenters. The van der Waals surface area contributed by atoms with Crippen LogP contribution in [0.15, 0.2) is 18.3 Å². The molecule has 0 aliphatic carbocycles. The van der Waals surface area contributed by atoms with Gasteiger partial charge in [-0.05, 0) is 6.07 Å². The van der Waals surface area contributed by atoms with Crippen LogP contribution in [-0.2, 0) is 4.84 Å². The monoisotopic (exact) mass is 307 g/mol. The number of aromatic nitrogens is 1. The van der Waals surface area contributed by atoms with Gasteiger partial charge in [-0.1, -0.05) is 0 Å². The Hall–Kier alpha value is -2.36. The van der Waals surface area contributed by atoms with Crippen molar-refractivity contribution in [2.24, 2.45) is 0 Å². The molecule has 0 aromatic carbocycles. The normalized spacial score (nSPS) is 10.9. The van der Waals surface area contributed by atoms with Gasteiger partial charge >= 0.3 is 12.3 Å². The molecule has 1 rings (SSSR count). The van der Waals surface area contributed by atoms with E-state index in [1.807, 2.05) is 0 Å². The lowest BCUT2D eigenvalue weighted by Crippen LogP contribution is -2.35. The number of carbonyl (C=O) groups is 2. The number of rotatable bonds is 4. The highest BCUT2D eigenvalue weighted by Gasteiger charge is 2.28. The topological polar surface area (TPSA) is 80.8 Å². The van der Waals surface area contributed by atoms with Crippen LogP contribution >= 0.6 is 0 Å². The molecule has 1 aromatic rings. The summed E-state index contributed by atoms with van der Waals surface area (Å²) in [5, 5.41) is 2.47. The van der Waals surface area contributed by atoms with E-state index in [4.69, 9.17) is 0 Å². The third kappa shape index (κ3) is 5.65. The van der Waals surface area contributed by atoms with Crippen molar-refractivity contribution in [3.05, 3.63) is 23.9 Å². The first kappa shape index (κ1) is 16.7. The second-order valence-electron chi connectivity index (χ2n) is 3.73. The van der Waals surface area contributed by atoms with Crippen molar-refractivity contribution >= 4 is 12.0 Å². The fourth-order valence-corrected chi connectivity index (χ4v) is 1.14. The second-order valence-corrected chi connectivity index (χ2v) is 3.73. The van der Waals surface area contributed by atoms with Crippen molar-refractivity contribution in [2.75, 3.05) is 20.7 Å². The van der Waals surface area contributed by atoms with Crippen molar-refractivity contribution in [3.8, 4) is 5.88 Å². The smallest absolute Gasteiger partial charge is 0.391 e. The summed E-state index contributed by atoms with van der Waals surface area (Å²) in [7, 11) is 2.69. The van der Waals surface area contributed by atoms with Gasteiger partial charge in [0.1, 0.15) is 6.54 Å². The number of hydrogen-bond acceptors (Lipinski definition) is 5. The van der Waals surface area contributed by atoms with E-state index in [1.165, 1.54) is 31.6 Å². The van der Waals surface area contributed by atoms with Gasteiger partial charge in [0.15, 0.2) is 0 Å². The average Bonchev–Trinajstić information content (AvgIpc) is 2.43.